The number of aromatic nitrogens is 2. The molecule has 242 valence electrons. The fourth-order valence-electron chi connectivity index (χ4n) is 4.79. The highest BCUT2D eigenvalue weighted by molar-refractivity contribution is 5.92. The van der Waals surface area contributed by atoms with Crippen molar-refractivity contribution in [3.8, 4) is 5.75 Å². The Morgan fingerprint density at radius 3 is 2.40 bits per heavy atom. The van der Waals surface area contributed by atoms with E-state index in [1.54, 1.807) is 24.3 Å². The van der Waals surface area contributed by atoms with Crippen LogP contribution < -0.4 is 33.6 Å². The van der Waals surface area contributed by atoms with Crippen LogP contribution in [0.3, 0.4) is 0 Å². The van der Waals surface area contributed by atoms with E-state index in [9.17, 15) is 14.7 Å². The van der Waals surface area contributed by atoms with E-state index in [1.165, 1.54) is 0 Å². The first-order chi connectivity index (χ1) is 21.6. The summed E-state index contributed by atoms with van der Waals surface area (Å²) in [7, 11) is 0. The van der Waals surface area contributed by atoms with Gasteiger partial charge in [-0.3, -0.25) is 14.6 Å². The Hall–Kier alpha value is -4.75. The fourth-order valence-corrected chi connectivity index (χ4v) is 4.79. The Balaban J connectivity index is 1.83. The van der Waals surface area contributed by atoms with E-state index in [1.807, 2.05) is 44.2 Å². The summed E-state index contributed by atoms with van der Waals surface area (Å²) in [4.78, 5) is 35.4. The van der Waals surface area contributed by atoms with E-state index in [4.69, 9.17) is 27.5 Å². The molecule has 2 aromatic carbocycles. The molecule has 0 aliphatic carbocycles. The minimum absolute atomic E-state index is 0.0378. The number of aliphatic imine (C=N–C) groups is 1. The predicted octanol–water partition coefficient (Wildman–Crippen LogP) is 1.85. The summed E-state index contributed by atoms with van der Waals surface area (Å²) in [6.45, 7) is 4.52. The average Bonchev–Trinajstić information content (AvgIpc) is 3.46. The second-order valence-electron chi connectivity index (χ2n) is 11.0. The van der Waals surface area contributed by atoms with Crippen LogP contribution in [0.25, 0.3) is 6.08 Å². The minimum Gasteiger partial charge on any atom is -0.508 e. The Labute approximate surface area is 263 Å². The van der Waals surface area contributed by atoms with E-state index in [0.717, 1.165) is 28.7 Å². The van der Waals surface area contributed by atoms with Gasteiger partial charge in [-0.25, -0.2) is 0 Å². The fraction of sp³-hybridized carbons (Fsp3) is 0.406. The molecule has 0 fully saturated rings. The van der Waals surface area contributed by atoms with Crippen molar-refractivity contribution in [1.82, 2.24) is 20.8 Å². The zero-order chi connectivity index (χ0) is 32.8. The molecule has 13 heteroatoms. The van der Waals surface area contributed by atoms with E-state index in [-0.39, 0.29) is 17.6 Å². The number of phenols is 1. The van der Waals surface area contributed by atoms with Crippen LogP contribution in [0.5, 0.6) is 5.75 Å². The van der Waals surface area contributed by atoms with Crippen molar-refractivity contribution in [2.75, 3.05) is 13.1 Å². The van der Waals surface area contributed by atoms with Crippen LogP contribution in [0.2, 0.25) is 0 Å². The highest BCUT2D eigenvalue weighted by atomic mass is 16.5. The lowest BCUT2D eigenvalue weighted by atomic mass is 10.0. The van der Waals surface area contributed by atoms with Crippen LogP contribution in [-0.2, 0) is 16.0 Å². The predicted molar refractivity (Wildman–Crippen MR) is 174 cm³/mol. The molecule has 3 rings (SSSR count). The molecule has 3 atom stereocenters. The normalized spacial score (nSPS) is 13.2. The summed E-state index contributed by atoms with van der Waals surface area (Å²) in [6.07, 6.45) is 6.55. The van der Waals surface area contributed by atoms with Crippen LogP contribution in [0, 0.1) is 13.8 Å². The van der Waals surface area contributed by atoms with Gasteiger partial charge in [0.15, 0.2) is 11.8 Å². The number of hydrogen-bond acceptors (Lipinski definition) is 9. The van der Waals surface area contributed by atoms with E-state index < -0.39 is 29.9 Å². The molecule has 0 spiro atoms. The summed E-state index contributed by atoms with van der Waals surface area (Å²) in [5.41, 5.74) is 26.0. The van der Waals surface area contributed by atoms with Gasteiger partial charge >= 0.3 is 0 Å². The standard InChI is InChI=1S/C32H45N9O4/c1-20-17-23(42)18-21(2)24(20)13-14-26(38-29(43)25(34)11-8-16-37-32(35)36)30(44)39-27(12-6-7-15-33)31-40-28(41-45-31)19-22-9-4-3-5-10-22/h3-5,9-10,13-14,17-18,25-27,42H,6-8,11-12,15-16,19,33-34H2,1-2H3,(H,38,43)(H,39,44)(H4,35,36,37)/b14-13+/t25-,26+,27-/m1/s1. The maximum atomic E-state index is 13.8. The number of aromatic hydroxyl groups is 1. The zero-order valence-corrected chi connectivity index (χ0v) is 25.9. The smallest absolute Gasteiger partial charge is 0.249 e. The number of nitrogens with two attached hydrogens (primary N) is 4. The molecular weight excluding hydrogens is 574 g/mol. The first kappa shape index (κ1) is 34.7. The van der Waals surface area contributed by atoms with E-state index >= 15 is 0 Å². The molecule has 0 aliphatic heterocycles. The van der Waals surface area contributed by atoms with E-state index in [0.29, 0.717) is 51.0 Å². The van der Waals surface area contributed by atoms with Crippen molar-refractivity contribution in [3.63, 3.8) is 0 Å². The minimum atomic E-state index is -1.09. The molecule has 1 aromatic heterocycles. The maximum absolute atomic E-state index is 13.8. The van der Waals surface area contributed by atoms with Crippen molar-refractivity contribution < 1.29 is 19.2 Å². The van der Waals surface area contributed by atoms with Gasteiger partial charge in [-0.1, -0.05) is 47.6 Å². The number of guanidine groups is 1. The molecule has 3 aromatic rings. The second kappa shape index (κ2) is 17.5. The van der Waals surface area contributed by atoms with Crippen molar-refractivity contribution in [1.29, 1.82) is 0 Å². The van der Waals surface area contributed by atoms with Gasteiger partial charge in [0.25, 0.3) is 0 Å². The molecule has 1 heterocycles. The van der Waals surface area contributed by atoms with Gasteiger partial charge in [0.05, 0.1) is 6.04 Å². The van der Waals surface area contributed by atoms with Crippen LogP contribution in [0.4, 0.5) is 0 Å². The number of aryl methyl sites for hydroxylation is 2. The first-order valence-corrected chi connectivity index (χ1v) is 15.0. The van der Waals surface area contributed by atoms with Crippen molar-refractivity contribution in [3.05, 3.63) is 82.5 Å². The molecule has 0 radical (unpaired) electrons. The molecular formula is C32H45N9O4. The average molecular weight is 620 g/mol. The second-order valence-corrected chi connectivity index (χ2v) is 11.0. The number of unbranched alkanes of at least 4 members (excludes halogenated alkanes) is 1. The number of phenolic OH excluding ortho intramolecular Hbond substituents is 1. The van der Waals surface area contributed by atoms with Gasteiger partial charge in [-0.2, -0.15) is 4.98 Å². The number of hydrogen-bond donors (Lipinski definition) is 7. The number of carbonyl (C=O) groups is 2. The van der Waals surface area contributed by atoms with Gasteiger partial charge in [0.2, 0.25) is 17.7 Å². The molecule has 45 heavy (non-hydrogen) atoms. The zero-order valence-electron chi connectivity index (χ0n) is 25.9. The number of carbonyl (C=O) groups excluding carboxylic acids is 2. The number of amides is 2. The molecule has 11 N–H and O–H groups in total. The Bertz CT molecular complexity index is 1430. The van der Waals surface area contributed by atoms with Crippen molar-refractivity contribution in [2.45, 2.75) is 70.5 Å². The topological polar surface area (TPSA) is 234 Å². The molecule has 0 bridgehead atoms. The summed E-state index contributed by atoms with van der Waals surface area (Å²) < 4.78 is 5.59. The van der Waals surface area contributed by atoms with Crippen LogP contribution in [0.15, 0.2) is 58.1 Å². The largest absolute Gasteiger partial charge is 0.508 e. The number of nitrogens with one attached hydrogen (secondary N) is 2. The van der Waals surface area contributed by atoms with Gasteiger partial charge in [0.1, 0.15) is 17.8 Å². The molecule has 0 saturated carbocycles. The van der Waals surface area contributed by atoms with Crippen LogP contribution >= 0.6 is 0 Å². The SMILES string of the molecule is Cc1cc(O)cc(C)c1/C=C/[C@H](NC(=O)[C@H](N)CCCN=C(N)N)C(=O)N[C@H](CCCCN)c1nc(Cc2ccccc2)no1. The van der Waals surface area contributed by atoms with Gasteiger partial charge in [0, 0.05) is 13.0 Å². The highest BCUT2D eigenvalue weighted by Gasteiger charge is 2.27. The number of benzene rings is 2. The molecule has 0 unspecified atom stereocenters. The molecule has 0 aliphatic rings. The van der Waals surface area contributed by atoms with Crippen molar-refractivity contribution in [2.24, 2.45) is 27.9 Å². The third-order valence-electron chi connectivity index (χ3n) is 7.17. The van der Waals surface area contributed by atoms with E-state index in [2.05, 4.69) is 25.8 Å². The summed E-state index contributed by atoms with van der Waals surface area (Å²) >= 11 is 0. The monoisotopic (exact) mass is 619 g/mol. The highest BCUT2D eigenvalue weighted by Crippen LogP contribution is 2.23. The van der Waals surface area contributed by atoms with Crippen LogP contribution in [-0.4, -0.2) is 58.2 Å². The van der Waals surface area contributed by atoms with Gasteiger partial charge in [-0.05, 0) is 86.9 Å². The third kappa shape index (κ3) is 11.4. The lowest BCUT2D eigenvalue weighted by Gasteiger charge is -2.21. The summed E-state index contributed by atoms with van der Waals surface area (Å²) in [5, 5.41) is 19.8. The third-order valence-corrected chi connectivity index (χ3v) is 7.17. The lowest BCUT2D eigenvalue weighted by Crippen LogP contribution is -2.51. The first-order valence-electron chi connectivity index (χ1n) is 15.0. The van der Waals surface area contributed by atoms with Crippen molar-refractivity contribution >= 4 is 23.8 Å². The number of nitrogens with zero attached hydrogens (tertiary/aromatic N) is 3. The maximum Gasteiger partial charge on any atom is 0.249 e. The van der Waals surface area contributed by atoms with Gasteiger partial charge < -0.3 is 43.2 Å². The summed E-state index contributed by atoms with van der Waals surface area (Å²) in [5.74, 6) is -0.133. The number of rotatable bonds is 17. The lowest BCUT2D eigenvalue weighted by molar-refractivity contribution is -0.129. The molecule has 13 nitrogen and oxygen atoms in total. The van der Waals surface area contributed by atoms with Crippen LogP contribution in [0.1, 0.15) is 72.1 Å². The Morgan fingerprint density at radius 1 is 1.02 bits per heavy atom. The summed E-state index contributed by atoms with van der Waals surface area (Å²) in [6, 6.07) is 10.4. The molecule has 0 saturated heterocycles. The quantitative estimate of drug-likeness (QED) is 0.0658. The Kier molecular flexibility index (Phi) is 13.5. The van der Waals surface area contributed by atoms with Gasteiger partial charge in [-0.15, -0.1) is 0 Å². The Morgan fingerprint density at radius 2 is 1.73 bits per heavy atom. The molecule has 2 amide bonds.